The van der Waals surface area contributed by atoms with E-state index in [9.17, 15) is 0 Å². The van der Waals surface area contributed by atoms with E-state index in [2.05, 4.69) is 29.0 Å². The van der Waals surface area contributed by atoms with Crippen LogP contribution in [0.15, 0.2) is 18.2 Å². The van der Waals surface area contributed by atoms with E-state index in [1.54, 1.807) is 0 Å². The van der Waals surface area contributed by atoms with Crippen LogP contribution in [0.1, 0.15) is 30.6 Å². The molecule has 0 aliphatic carbocycles. The molecule has 3 heteroatoms. The van der Waals surface area contributed by atoms with Crippen LogP contribution in [0.5, 0.6) is 0 Å². The Hall–Kier alpha value is -1.02. The molecule has 0 aliphatic heterocycles. The number of hydrogen-bond donors (Lipinski definition) is 1. The SMILES string of the molecule is CCc1ccc2nc(C(C)Cl)[nH]c2c1. The molecule has 0 aliphatic rings. The Bertz CT molecular complexity index is 445. The number of hydrogen-bond acceptors (Lipinski definition) is 1. The molecule has 2 nitrogen and oxygen atoms in total. The zero-order valence-corrected chi connectivity index (χ0v) is 9.10. The van der Waals surface area contributed by atoms with Gasteiger partial charge in [0.15, 0.2) is 0 Å². The molecular weight excluding hydrogens is 196 g/mol. The zero-order chi connectivity index (χ0) is 10.1. The van der Waals surface area contributed by atoms with E-state index in [-0.39, 0.29) is 5.38 Å². The molecule has 2 aromatic rings. The van der Waals surface area contributed by atoms with Gasteiger partial charge in [0.2, 0.25) is 0 Å². The van der Waals surface area contributed by atoms with Crippen LogP contribution in [0, 0.1) is 0 Å². The average Bonchev–Trinajstić information content (AvgIpc) is 2.59. The van der Waals surface area contributed by atoms with Crippen molar-refractivity contribution < 1.29 is 0 Å². The second-order valence-electron chi connectivity index (χ2n) is 3.44. The molecule has 74 valence electrons. The first-order valence-electron chi connectivity index (χ1n) is 4.83. The monoisotopic (exact) mass is 208 g/mol. The highest BCUT2D eigenvalue weighted by Gasteiger charge is 2.07. The molecule has 0 spiro atoms. The van der Waals surface area contributed by atoms with Gasteiger partial charge in [0.05, 0.1) is 16.4 Å². The van der Waals surface area contributed by atoms with Gasteiger partial charge in [-0.05, 0) is 31.0 Å². The minimum absolute atomic E-state index is 0.0625. The number of nitrogens with one attached hydrogen (secondary N) is 1. The van der Waals surface area contributed by atoms with Gasteiger partial charge >= 0.3 is 0 Å². The minimum Gasteiger partial charge on any atom is -0.341 e. The van der Waals surface area contributed by atoms with E-state index < -0.39 is 0 Å². The summed E-state index contributed by atoms with van der Waals surface area (Å²) >= 11 is 5.95. The number of halogens is 1. The van der Waals surface area contributed by atoms with E-state index >= 15 is 0 Å². The molecule has 1 atom stereocenters. The van der Waals surface area contributed by atoms with E-state index in [0.29, 0.717) is 0 Å². The first-order chi connectivity index (χ1) is 6.70. The van der Waals surface area contributed by atoms with Gasteiger partial charge in [0.1, 0.15) is 5.82 Å². The Labute approximate surface area is 88.3 Å². The standard InChI is InChI=1S/C11H13ClN2/c1-3-8-4-5-9-10(6-8)14-11(13-9)7(2)12/h4-7H,3H2,1-2H3,(H,13,14). The number of aromatic nitrogens is 2. The minimum atomic E-state index is -0.0625. The predicted molar refractivity (Wildman–Crippen MR) is 59.7 cm³/mol. The second kappa shape index (κ2) is 3.62. The van der Waals surface area contributed by atoms with Gasteiger partial charge in [0.25, 0.3) is 0 Å². The van der Waals surface area contributed by atoms with Gasteiger partial charge < -0.3 is 4.98 Å². The first kappa shape index (κ1) is 9.53. The van der Waals surface area contributed by atoms with Crippen LogP contribution in [0.4, 0.5) is 0 Å². The molecule has 1 N–H and O–H groups in total. The van der Waals surface area contributed by atoms with Crippen molar-refractivity contribution in [3.05, 3.63) is 29.6 Å². The lowest BCUT2D eigenvalue weighted by Crippen LogP contribution is -1.85. The Morgan fingerprint density at radius 2 is 2.29 bits per heavy atom. The molecule has 0 saturated heterocycles. The van der Waals surface area contributed by atoms with E-state index in [1.807, 2.05) is 13.0 Å². The third-order valence-corrected chi connectivity index (χ3v) is 2.56. The van der Waals surface area contributed by atoms with Crippen LogP contribution in [0.2, 0.25) is 0 Å². The van der Waals surface area contributed by atoms with Crippen LogP contribution < -0.4 is 0 Å². The third-order valence-electron chi connectivity index (χ3n) is 2.35. The highest BCUT2D eigenvalue weighted by atomic mass is 35.5. The zero-order valence-electron chi connectivity index (χ0n) is 8.34. The van der Waals surface area contributed by atoms with Gasteiger partial charge in [-0.15, -0.1) is 11.6 Å². The first-order valence-corrected chi connectivity index (χ1v) is 5.27. The van der Waals surface area contributed by atoms with Crippen molar-refractivity contribution in [1.82, 2.24) is 9.97 Å². The van der Waals surface area contributed by atoms with Crippen LogP contribution in [0.3, 0.4) is 0 Å². The molecule has 1 aromatic carbocycles. The highest BCUT2D eigenvalue weighted by molar-refractivity contribution is 6.20. The number of nitrogens with zero attached hydrogens (tertiary/aromatic N) is 1. The highest BCUT2D eigenvalue weighted by Crippen LogP contribution is 2.20. The van der Waals surface area contributed by atoms with Gasteiger partial charge in [-0.2, -0.15) is 0 Å². The molecule has 1 unspecified atom stereocenters. The maximum Gasteiger partial charge on any atom is 0.125 e. The third kappa shape index (κ3) is 1.62. The summed E-state index contributed by atoms with van der Waals surface area (Å²) in [5.74, 6) is 0.843. The molecular formula is C11H13ClN2. The fourth-order valence-electron chi connectivity index (χ4n) is 1.48. The summed E-state index contributed by atoms with van der Waals surface area (Å²) < 4.78 is 0. The van der Waals surface area contributed by atoms with Crippen molar-refractivity contribution in [3.63, 3.8) is 0 Å². The summed E-state index contributed by atoms with van der Waals surface area (Å²) in [6.07, 6.45) is 1.04. The van der Waals surface area contributed by atoms with Crippen molar-refractivity contribution in [2.45, 2.75) is 25.6 Å². The quantitative estimate of drug-likeness (QED) is 0.753. The number of alkyl halides is 1. The Balaban J connectivity index is 2.54. The van der Waals surface area contributed by atoms with Gasteiger partial charge in [-0.3, -0.25) is 0 Å². The summed E-state index contributed by atoms with van der Waals surface area (Å²) in [7, 11) is 0. The normalized spacial score (nSPS) is 13.4. The fraction of sp³-hybridized carbons (Fsp3) is 0.364. The number of aryl methyl sites for hydroxylation is 1. The maximum atomic E-state index is 5.95. The predicted octanol–water partition coefficient (Wildman–Crippen LogP) is 3.43. The number of rotatable bonds is 2. The number of H-pyrrole nitrogens is 1. The molecule has 0 radical (unpaired) electrons. The molecule has 0 amide bonds. The van der Waals surface area contributed by atoms with Crippen LogP contribution >= 0.6 is 11.6 Å². The Kier molecular flexibility index (Phi) is 2.46. The second-order valence-corrected chi connectivity index (χ2v) is 4.10. The van der Waals surface area contributed by atoms with Crippen LogP contribution in [-0.2, 0) is 6.42 Å². The van der Waals surface area contributed by atoms with Crippen molar-refractivity contribution in [3.8, 4) is 0 Å². The maximum absolute atomic E-state index is 5.95. The summed E-state index contributed by atoms with van der Waals surface area (Å²) in [5.41, 5.74) is 3.38. The lowest BCUT2D eigenvalue weighted by atomic mass is 10.1. The molecule has 0 saturated carbocycles. The largest absolute Gasteiger partial charge is 0.341 e. The summed E-state index contributed by atoms with van der Waals surface area (Å²) in [6.45, 7) is 4.06. The van der Waals surface area contributed by atoms with Crippen molar-refractivity contribution in [2.75, 3.05) is 0 Å². The average molecular weight is 209 g/mol. The Morgan fingerprint density at radius 1 is 1.50 bits per heavy atom. The summed E-state index contributed by atoms with van der Waals surface area (Å²) in [6, 6.07) is 6.27. The number of fused-ring (bicyclic) bond motifs is 1. The van der Waals surface area contributed by atoms with Crippen LogP contribution in [0.25, 0.3) is 11.0 Å². The van der Waals surface area contributed by atoms with E-state index in [0.717, 1.165) is 23.3 Å². The number of benzene rings is 1. The van der Waals surface area contributed by atoms with Crippen molar-refractivity contribution in [2.24, 2.45) is 0 Å². The lowest BCUT2D eigenvalue weighted by molar-refractivity contribution is 0.962. The molecule has 14 heavy (non-hydrogen) atoms. The number of aromatic amines is 1. The van der Waals surface area contributed by atoms with Gasteiger partial charge in [0, 0.05) is 0 Å². The Morgan fingerprint density at radius 3 is 2.93 bits per heavy atom. The molecule has 1 aromatic heterocycles. The van der Waals surface area contributed by atoms with Crippen molar-refractivity contribution >= 4 is 22.6 Å². The van der Waals surface area contributed by atoms with Gasteiger partial charge in [-0.1, -0.05) is 13.0 Å². The molecule has 1 heterocycles. The van der Waals surface area contributed by atoms with Crippen LogP contribution in [-0.4, -0.2) is 9.97 Å². The molecule has 0 fully saturated rings. The molecule has 2 rings (SSSR count). The van der Waals surface area contributed by atoms with E-state index in [4.69, 9.17) is 11.6 Å². The van der Waals surface area contributed by atoms with Crippen molar-refractivity contribution in [1.29, 1.82) is 0 Å². The topological polar surface area (TPSA) is 28.7 Å². The lowest BCUT2D eigenvalue weighted by Gasteiger charge is -1.94. The van der Waals surface area contributed by atoms with E-state index in [1.165, 1.54) is 5.56 Å². The van der Waals surface area contributed by atoms with Gasteiger partial charge in [-0.25, -0.2) is 4.98 Å². The molecule has 0 bridgehead atoms. The summed E-state index contributed by atoms with van der Waals surface area (Å²) in [4.78, 5) is 7.63. The summed E-state index contributed by atoms with van der Waals surface area (Å²) in [5, 5.41) is -0.0625. The number of imidazole rings is 1. The smallest absolute Gasteiger partial charge is 0.125 e. The fourth-order valence-corrected chi connectivity index (χ4v) is 1.59.